The van der Waals surface area contributed by atoms with Gasteiger partial charge >= 0.3 is 12.2 Å². The van der Waals surface area contributed by atoms with Crippen LogP contribution in [0.3, 0.4) is 0 Å². The van der Waals surface area contributed by atoms with Crippen LogP contribution in [0.15, 0.2) is 30.6 Å². The Morgan fingerprint density at radius 1 is 1.19 bits per heavy atom. The first-order valence-corrected chi connectivity index (χ1v) is 10.1. The van der Waals surface area contributed by atoms with Gasteiger partial charge in [-0.05, 0) is 43.5 Å². The second-order valence-corrected chi connectivity index (χ2v) is 7.85. The van der Waals surface area contributed by atoms with Gasteiger partial charge in [0.1, 0.15) is 5.82 Å². The highest BCUT2D eigenvalue weighted by atomic mass is 19.4. The lowest BCUT2D eigenvalue weighted by Gasteiger charge is -2.37. The molecule has 0 aliphatic carbocycles. The molecule has 0 atom stereocenters. The number of piperidine rings is 1. The summed E-state index contributed by atoms with van der Waals surface area (Å²) in [6.07, 6.45) is -0.0217. The van der Waals surface area contributed by atoms with E-state index in [-0.39, 0.29) is 18.2 Å². The number of nitrogens with zero attached hydrogens (tertiary/aromatic N) is 4. The lowest BCUT2D eigenvalue weighted by atomic mass is 10.0. The van der Waals surface area contributed by atoms with Gasteiger partial charge in [0.15, 0.2) is 0 Å². The van der Waals surface area contributed by atoms with Crippen LogP contribution in [0.2, 0.25) is 0 Å². The Hall–Kier alpha value is -3.37. The van der Waals surface area contributed by atoms with Gasteiger partial charge in [0.25, 0.3) is 0 Å². The van der Waals surface area contributed by atoms with Gasteiger partial charge in [-0.3, -0.25) is 9.78 Å². The zero-order chi connectivity index (χ0) is 23.5. The van der Waals surface area contributed by atoms with Gasteiger partial charge in [0.05, 0.1) is 30.1 Å². The van der Waals surface area contributed by atoms with Gasteiger partial charge in [-0.25, -0.2) is 9.78 Å². The minimum atomic E-state index is -4.48. The summed E-state index contributed by atoms with van der Waals surface area (Å²) in [7, 11) is 1.63. The second-order valence-electron chi connectivity index (χ2n) is 7.85. The first kappa shape index (κ1) is 23.3. The summed E-state index contributed by atoms with van der Waals surface area (Å²) in [5, 5.41) is 2.57. The zero-order valence-electron chi connectivity index (χ0n) is 17.8. The van der Waals surface area contributed by atoms with Gasteiger partial charge in [0.2, 0.25) is 5.91 Å². The fraction of sp³-hybridized carbons (Fsp3) is 0.429. The number of hydrogen-bond donors (Lipinski definition) is 2. The fourth-order valence-electron chi connectivity index (χ4n) is 3.66. The zero-order valence-corrected chi connectivity index (χ0v) is 17.8. The van der Waals surface area contributed by atoms with Crippen molar-refractivity contribution >= 4 is 23.4 Å². The standard InChI is InChI=1S/C21H25F3N6O2/c1-13-7-14(21(22,23)24)9-15(8-13)28-20(32)29(2)17-3-5-30(6-4-17)19-12-26-16(11-27-19)10-18(25)31/h7-9,11-12,17H,3-6,10H2,1-2H3,(H2,25,31)(H,28,32). The summed E-state index contributed by atoms with van der Waals surface area (Å²) < 4.78 is 39.1. The number of benzene rings is 1. The molecule has 1 aromatic carbocycles. The van der Waals surface area contributed by atoms with Crippen molar-refractivity contribution in [1.82, 2.24) is 14.9 Å². The van der Waals surface area contributed by atoms with Crippen LogP contribution in [0, 0.1) is 6.92 Å². The molecule has 32 heavy (non-hydrogen) atoms. The number of nitrogens with two attached hydrogens (primary N) is 1. The molecule has 1 aromatic heterocycles. The number of anilines is 2. The molecule has 8 nitrogen and oxygen atoms in total. The first-order valence-electron chi connectivity index (χ1n) is 10.1. The van der Waals surface area contributed by atoms with E-state index in [1.54, 1.807) is 20.2 Å². The van der Waals surface area contributed by atoms with Crippen LogP contribution in [0.5, 0.6) is 0 Å². The van der Waals surface area contributed by atoms with Crippen molar-refractivity contribution in [3.63, 3.8) is 0 Å². The third-order valence-corrected chi connectivity index (χ3v) is 5.36. The van der Waals surface area contributed by atoms with E-state index in [2.05, 4.69) is 15.3 Å². The fourth-order valence-corrected chi connectivity index (χ4v) is 3.66. The molecule has 1 fully saturated rings. The van der Waals surface area contributed by atoms with Crippen LogP contribution in [-0.2, 0) is 17.4 Å². The average Bonchev–Trinajstić information content (AvgIpc) is 2.72. The third-order valence-electron chi connectivity index (χ3n) is 5.36. The highest BCUT2D eigenvalue weighted by molar-refractivity contribution is 5.89. The van der Waals surface area contributed by atoms with E-state index in [0.29, 0.717) is 43.0 Å². The Balaban J connectivity index is 1.57. The normalized spacial score (nSPS) is 14.8. The molecular formula is C21H25F3N6O2. The van der Waals surface area contributed by atoms with E-state index in [1.165, 1.54) is 17.2 Å². The maximum Gasteiger partial charge on any atom is 0.416 e. The number of hydrogen-bond acceptors (Lipinski definition) is 5. The molecule has 2 heterocycles. The Bertz CT molecular complexity index is 972. The molecule has 172 valence electrons. The minimum Gasteiger partial charge on any atom is -0.369 e. The molecule has 0 unspecified atom stereocenters. The van der Waals surface area contributed by atoms with E-state index < -0.39 is 23.7 Å². The number of alkyl halides is 3. The lowest BCUT2D eigenvalue weighted by Crippen LogP contribution is -2.47. The van der Waals surface area contributed by atoms with Crippen LogP contribution in [0.4, 0.5) is 29.5 Å². The average molecular weight is 450 g/mol. The number of aryl methyl sites for hydroxylation is 1. The van der Waals surface area contributed by atoms with Gasteiger partial charge in [-0.2, -0.15) is 13.2 Å². The monoisotopic (exact) mass is 450 g/mol. The molecule has 0 spiro atoms. The smallest absolute Gasteiger partial charge is 0.369 e. The molecular weight excluding hydrogens is 425 g/mol. The molecule has 11 heteroatoms. The predicted octanol–water partition coefficient (Wildman–Crippen LogP) is 2.96. The molecule has 1 aliphatic heterocycles. The number of urea groups is 1. The highest BCUT2D eigenvalue weighted by Gasteiger charge is 2.31. The molecule has 0 radical (unpaired) electrons. The van der Waals surface area contributed by atoms with Gasteiger partial charge in [0, 0.05) is 31.9 Å². The summed E-state index contributed by atoms with van der Waals surface area (Å²) in [6.45, 7) is 2.82. The topological polar surface area (TPSA) is 104 Å². The third kappa shape index (κ3) is 5.86. The number of primary amides is 1. The minimum absolute atomic E-state index is 0.0284. The number of rotatable bonds is 5. The van der Waals surface area contributed by atoms with E-state index in [0.717, 1.165) is 12.1 Å². The Morgan fingerprint density at radius 3 is 2.44 bits per heavy atom. The maximum absolute atomic E-state index is 13.0. The largest absolute Gasteiger partial charge is 0.416 e. The van der Waals surface area contributed by atoms with Gasteiger partial charge in [-0.15, -0.1) is 0 Å². The summed E-state index contributed by atoms with van der Waals surface area (Å²) in [6, 6.07) is 2.95. The summed E-state index contributed by atoms with van der Waals surface area (Å²) in [5.41, 5.74) is 5.37. The van der Waals surface area contributed by atoms with Crippen LogP contribution >= 0.6 is 0 Å². The lowest BCUT2D eigenvalue weighted by molar-refractivity contribution is -0.137. The van der Waals surface area contributed by atoms with Crippen molar-refractivity contribution in [2.75, 3.05) is 30.4 Å². The van der Waals surface area contributed by atoms with Crippen molar-refractivity contribution < 1.29 is 22.8 Å². The maximum atomic E-state index is 13.0. The van der Waals surface area contributed by atoms with E-state index in [1.807, 2.05) is 4.90 Å². The van der Waals surface area contributed by atoms with Crippen molar-refractivity contribution in [3.05, 3.63) is 47.4 Å². The molecule has 1 aliphatic rings. The Labute approximate surface area is 183 Å². The summed E-state index contributed by atoms with van der Waals surface area (Å²) in [5.74, 6) is 0.192. The van der Waals surface area contributed by atoms with Crippen LogP contribution in [-0.4, -0.2) is 53.0 Å². The molecule has 0 saturated carbocycles. The van der Waals surface area contributed by atoms with Gasteiger partial charge < -0.3 is 20.9 Å². The number of amides is 3. The van der Waals surface area contributed by atoms with Crippen molar-refractivity contribution in [1.29, 1.82) is 0 Å². The summed E-state index contributed by atoms with van der Waals surface area (Å²) in [4.78, 5) is 35.6. The molecule has 2 aromatic rings. The molecule has 3 rings (SSSR count). The highest BCUT2D eigenvalue weighted by Crippen LogP contribution is 2.32. The predicted molar refractivity (Wildman–Crippen MR) is 113 cm³/mol. The second kappa shape index (κ2) is 9.41. The molecule has 3 amide bonds. The number of carbonyl (C=O) groups is 2. The Kier molecular flexibility index (Phi) is 6.85. The van der Waals surface area contributed by atoms with E-state index >= 15 is 0 Å². The quantitative estimate of drug-likeness (QED) is 0.729. The Morgan fingerprint density at radius 2 is 1.88 bits per heavy atom. The van der Waals surface area contributed by atoms with Crippen molar-refractivity contribution in [2.45, 2.75) is 38.4 Å². The van der Waals surface area contributed by atoms with E-state index in [4.69, 9.17) is 5.73 Å². The molecule has 3 N–H and O–H groups in total. The van der Waals surface area contributed by atoms with E-state index in [9.17, 15) is 22.8 Å². The summed E-state index contributed by atoms with van der Waals surface area (Å²) >= 11 is 0. The number of carbonyl (C=O) groups excluding carboxylic acids is 2. The molecule has 1 saturated heterocycles. The van der Waals surface area contributed by atoms with Gasteiger partial charge in [-0.1, -0.05) is 0 Å². The van der Waals surface area contributed by atoms with Crippen molar-refractivity contribution in [2.24, 2.45) is 5.73 Å². The SMILES string of the molecule is Cc1cc(NC(=O)N(C)C2CCN(c3cnc(CC(N)=O)cn3)CC2)cc(C(F)(F)F)c1. The van der Waals surface area contributed by atoms with Crippen LogP contribution < -0.4 is 16.0 Å². The number of nitrogens with one attached hydrogen (secondary N) is 1. The number of halogens is 3. The van der Waals surface area contributed by atoms with Crippen molar-refractivity contribution in [3.8, 4) is 0 Å². The molecule has 0 bridgehead atoms. The first-order chi connectivity index (χ1) is 15.0. The number of aromatic nitrogens is 2. The van der Waals surface area contributed by atoms with Crippen LogP contribution in [0.25, 0.3) is 0 Å². The van der Waals surface area contributed by atoms with Crippen LogP contribution in [0.1, 0.15) is 29.7 Å².